The lowest BCUT2D eigenvalue weighted by Crippen LogP contribution is -2.22. The molecule has 0 aliphatic carbocycles. The number of hydrogen-bond acceptors (Lipinski definition) is 5. The van der Waals surface area contributed by atoms with Crippen LogP contribution in [0.3, 0.4) is 0 Å². The van der Waals surface area contributed by atoms with Gasteiger partial charge in [-0.1, -0.05) is 0 Å². The number of carbonyl (C=O) groups excluding carboxylic acids is 1. The van der Waals surface area contributed by atoms with Crippen LogP contribution in [0.15, 0.2) is 24.3 Å². The maximum absolute atomic E-state index is 13.3. The van der Waals surface area contributed by atoms with Crippen molar-refractivity contribution in [2.75, 3.05) is 36.1 Å². The molecule has 0 aliphatic rings. The van der Waals surface area contributed by atoms with E-state index in [0.29, 0.717) is 30.2 Å². The minimum atomic E-state index is -4.87. The van der Waals surface area contributed by atoms with Crippen LogP contribution in [0.1, 0.15) is 17.7 Å². The number of nitrogens with one attached hydrogen (secondary N) is 4. The Morgan fingerprint density at radius 2 is 1.86 bits per heavy atom. The molecule has 0 radical (unpaired) electrons. The molecule has 4 N–H and O–H groups in total. The molecule has 0 saturated carbocycles. The van der Waals surface area contributed by atoms with Crippen molar-refractivity contribution < 1.29 is 22.4 Å². The fraction of sp³-hybridized carbons (Fsp3) is 0.353. The number of alkyl halides is 3. The fourth-order valence-electron chi connectivity index (χ4n) is 2.28. The summed E-state index contributed by atoms with van der Waals surface area (Å²) in [5, 5.41) is 10.6. The minimum Gasteiger partial charge on any atom is -0.370 e. The molecule has 2 rings (SSSR count). The summed E-state index contributed by atoms with van der Waals surface area (Å²) in [6.07, 6.45) is -4.01. The van der Waals surface area contributed by atoms with Crippen LogP contribution in [0.5, 0.6) is 0 Å². The number of rotatable bonds is 7. The van der Waals surface area contributed by atoms with Crippen LogP contribution in [0, 0.1) is 12.7 Å². The fourth-order valence-corrected chi connectivity index (χ4v) is 2.28. The van der Waals surface area contributed by atoms with E-state index in [1.807, 2.05) is 7.05 Å². The predicted octanol–water partition coefficient (Wildman–Crippen LogP) is 3.61. The third-order valence-electron chi connectivity index (χ3n) is 3.52. The maximum atomic E-state index is 13.3. The lowest BCUT2D eigenvalue weighted by atomic mass is 10.2. The molecule has 11 heteroatoms. The van der Waals surface area contributed by atoms with E-state index in [9.17, 15) is 22.4 Å². The monoisotopic (exact) mass is 400 g/mol. The van der Waals surface area contributed by atoms with Gasteiger partial charge in [-0.05, 0) is 45.1 Å². The summed E-state index contributed by atoms with van der Waals surface area (Å²) in [6.45, 7) is 3.18. The average Bonchev–Trinajstić information content (AvgIpc) is 2.59. The van der Waals surface area contributed by atoms with Crippen LogP contribution in [-0.2, 0) is 6.18 Å². The summed E-state index contributed by atoms with van der Waals surface area (Å²) in [6, 6.07) is 3.01. The van der Waals surface area contributed by atoms with Gasteiger partial charge in [0.05, 0.1) is 5.56 Å². The number of anilines is 3. The van der Waals surface area contributed by atoms with Crippen LogP contribution in [0.2, 0.25) is 0 Å². The zero-order valence-corrected chi connectivity index (χ0v) is 15.2. The van der Waals surface area contributed by atoms with E-state index < -0.39 is 23.6 Å². The first-order chi connectivity index (χ1) is 13.2. The van der Waals surface area contributed by atoms with E-state index in [2.05, 4.69) is 31.2 Å². The lowest BCUT2D eigenvalue weighted by molar-refractivity contribution is -0.139. The van der Waals surface area contributed by atoms with E-state index in [0.717, 1.165) is 19.0 Å². The third kappa shape index (κ3) is 6.34. The first kappa shape index (κ1) is 21.4. The second-order valence-corrected chi connectivity index (χ2v) is 5.87. The number of aryl methyl sites for hydroxylation is 1. The van der Waals surface area contributed by atoms with Crippen molar-refractivity contribution in [3.63, 3.8) is 0 Å². The Hall–Kier alpha value is -2.95. The number of aromatic nitrogens is 2. The van der Waals surface area contributed by atoms with Gasteiger partial charge in [-0.25, -0.2) is 14.2 Å². The second kappa shape index (κ2) is 9.31. The molecule has 0 saturated heterocycles. The maximum Gasteiger partial charge on any atom is 0.419 e. The average molecular weight is 400 g/mol. The summed E-state index contributed by atoms with van der Waals surface area (Å²) >= 11 is 0. The summed E-state index contributed by atoms with van der Waals surface area (Å²) in [5.41, 5.74) is -1.10. The Morgan fingerprint density at radius 3 is 2.54 bits per heavy atom. The van der Waals surface area contributed by atoms with Crippen molar-refractivity contribution in [1.82, 2.24) is 15.3 Å². The second-order valence-electron chi connectivity index (χ2n) is 5.87. The third-order valence-corrected chi connectivity index (χ3v) is 3.52. The number of urea groups is 1. The summed E-state index contributed by atoms with van der Waals surface area (Å²) < 4.78 is 51.6. The first-order valence-electron chi connectivity index (χ1n) is 8.38. The Bertz CT molecular complexity index is 828. The molecule has 2 amide bonds. The predicted molar refractivity (Wildman–Crippen MR) is 97.8 cm³/mol. The SMILES string of the molecule is CNCCCNc1cc(C)nc(NC(=O)Nc2ccc(F)c(C(F)(F)F)c2)n1. The van der Waals surface area contributed by atoms with Gasteiger partial charge in [0.15, 0.2) is 0 Å². The van der Waals surface area contributed by atoms with E-state index in [-0.39, 0.29) is 11.6 Å². The highest BCUT2D eigenvalue weighted by atomic mass is 19.4. The topological polar surface area (TPSA) is 91.0 Å². The normalized spacial score (nSPS) is 11.2. The van der Waals surface area contributed by atoms with Crippen molar-refractivity contribution in [2.24, 2.45) is 0 Å². The van der Waals surface area contributed by atoms with Crippen LogP contribution < -0.4 is 21.3 Å². The lowest BCUT2D eigenvalue weighted by Gasteiger charge is -2.12. The molecule has 0 fully saturated rings. The van der Waals surface area contributed by atoms with Crippen molar-refractivity contribution in [2.45, 2.75) is 19.5 Å². The Labute approximate surface area is 159 Å². The smallest absolute Gasteiger partial charge is 0.370 e. The van der Waals surface area contributed by atoms with E-state index >= 15 is 0 Å². The molecule has 0 spiro atoms. The molecule has 152 valence electrons. The molecular weight excluding hydrogens is 380 g/mol. The van der Waals surface area contributed by atoms with Crippen LogP contribution in [0.25, 0.3) is 0 Å². The van der Waals surface area contributed by atoms with Gasteiger partial charge in [-0.3, -0.25) is 5.32 Å². The highest BCUT2D eigenvalue weighted by Crippen LogP contribution is 2.33. The summed E-state index contributed by atoms with van der Waals surface area (Å²) in [5.74, 6) is -0.943. The van der Waals surface area contributed by atoms with Gasteiger partial charge in [0, 0.05) is 24.0 Å². The molecular formula is C17H20F4N6O. The van der Waals surface area contributed by atoms with Crippen LogP contribution >= 0.6 is 0 Å². The minimum absolute atomic E-state index is 0.0215. The Balaban J connectivity index is 2.04. The van der Waals surface area contributed by atoms with Gasteiger partial charge in [-0.2, -0.15) is 18.2 Å². The number of benzene rings is 1. The Kier molecular flexibility index (Phi) is 7.10. The van der Waals surface area contributed by atoms with Crippen molar-refractivity contribution in [3.8, 4) is 0 Å². The summed E-state index contributed by atoms with van der Waals surface area (Å²) in [7, 11) is 1.84. The molecule has 0 unspecified atom stereocenters. The number of amides is 2. The molecule has 2 aromatic rings. The molecule has 0 aliphatic heterocycles. The number of hydrogen-bond donors (Lipinski definition) is 4. The van der Waals surface area contributed by atoms with Gasteiger partial charge >= 0.3 is 12.2 Å². The van der Waals surface area contributed by atoms with Gasteiger partial charge in [-0.15, -0.1) is 0 Å². The number of carbonyl (C=O) groups is 1. The largest absolute Gasteiger partial charge is 0.419 e. The molecule has 28 heavy (non-hydrogen) atoms. The number of nitrogens with zero attached hydrogens (tertiary/aromatic N) is 2. The highest BCUT2D eigenvalue weighted by Gasteiger charge is 2.34. The van der Waals surface area contributed by atoms with Crippen molar-refractivity contribution >= 4 is 23.5 Å². The van der Waals surface area contributed by atoms with Crippen molar-refractivity contribution in [1.29, 1.82) is 0 Å². The molecule has 1 aromatic heterocycles. The first-order valence-corrected chi connectivity index (χ1v) is 8.38. The zero-order valence-electron chi connectivity index (χ0n) is 15.2. The summed E-state index contributed by atoms with van der Waals surface area (Å²) in [4.78, 5) is 20.2. The Morgan fingerprint density at radius 1 is 1.11 bits per heavy atom. The van der Waals surface area contributed by atoms with E-state index in [1.54, 1.807) is 13.0 Å². The van der Waals surface area contributed by atoms with Crippen LogP contribution in [-0.4, -0.2) is 36.1 Å². The van der Waals surface area contributed by atoms with Gasteiger partial charge in [0.1, 0.15) is 11.6 Å². The van der Waals surface area contributed by atoms with Crippen molar-refractivity contribution in [3.05, 3.63) is 41.3 Å². The van der Waals surface area contributed by atoms with Gasteiger partial charge < -0.3 is 16.0 Å². The quantitative estimate of drug-likeness (QED) is 0.421. The van der Waals surface area contributed by atoms with E-state index in [4.69, 9.17) is 0 Å². The molecule has 1 aromatic carbocycles. The van der Waals surface area contributed by atoms with Crippen LogP contribution in [0.4, 0.5) is 39.8 Å². The molecule has 7 nitrogen and oxygen atoms in total. The molecule has 0 bridgehead atoms. The molecule has 0 atom stereocenters. The molecule has 1 heterocycles. The zero-order chi connectivity index (χ0) is 20.7. The number of halogens is 4. The van der Waals surface area contributed by atoms with E-state index in [1.165, 1.54) is 0 Å². The highest BCUT2D eigenvalue weighted by molar-refractivity contribution is 5.98. The van der Waals surface area contributed by atoms with Gasteiger partial charge in [0.2, 0.25) is 5.95 Å². The van der Waals surface area contributed by atoms with Gasteiger partial charge in [0.25, 0.3) is 0 Å². The standard InChI is InChI=1S/C17H20F4N6O/c1-10-8-14(23-7-3-6-22-2)26-15(24-10)27-16(28)25-11-4-5-13(18)12(9-11)17(19,20)21/h4-5,8-9,22H,3,6-7H2,1-2H3,(H3,23,24,25,26,27,28).